The number of aromatic amines is 1. The highest BCUT2D eigenvalue weighted by atomic mass is 32.2. The molecule has 0 bridgehead atoms. The number of nitrogens with zero attached hydrogens (tertiary/aromatic N) is 1. The van der Waals surface area contributed by atoms with E-state index >= 15 is 0 Å². The van der Waals surface area contributed by atoms with Gasteiger partial charge in [0.05, 0.1) is 11.5 Å². The Bertz CT molecular complexity index is 1220. The maximum absolute atomic E-state index is 13.7. The van der Waals surface area contributed by atoms with Gasteiger partial charge in [-0.25, -0.2) is 13.2 Å². The lowest BCUT2D eigenvalue weighted by atomic mass is 9.76. The monoisotopic (exact) mass is 462 g/mol. The van der Waals surface area contributed by atoms with Crippen LogP contribution in [0.2, 0.25) is 0 Å². The van der Waals surface area contributed by atoms with E-state index in [1.54, 1.807) is 12.1 Å². The molecule has 1 aromatic carbocycles. The molecule has 32 heavy (non-hydrogen) atoms. The predicted octanol–water partition coefficient (Wildman–Crippen LogP) is 0.953. The van der Waals surface area contributed by atoms with Gasteiger partial charge in [0, 0.05) is 30.5 Å². The molecule has 0 amide bonds. The van der Waals surface area contributed by atoms with Crippen molar-refractivity contribution in [2.24, 2.45) is 11.8 Å². The molecule has 4 rings (SSSR count). The molecule has 1 saturated carbocycles. The summed E-state index contributed by atoms with van der Waals surface area (Å²) in [6.45, 7) is 1.25. The molecule has 2 fully saturated rings. The Hall–Kier alpha value is -2.56. The molecule has 2 heterocycles. The Kier molecular flexibility index (Phi) is 6.19. The number of aliphatic hydroxyl groups is 1. The van der Waals surface area contributed by atoms with E-state index in [0.29, 0.717) is 12.8 Å². The van der Waals surface area contributed by atoms with Crippen molar-refractivity contribution in [1.82, 2.24) is 9.55 Å². The summed E-state index contributed by atoms with van der Waals surface area (Å²) in [4.78, 5) is 39.2. The van der Waals surface area contributed by atoms with Crippen LogP contribution in [-0.4, -0.2) is 46.8 Å². The van der Waals surface area contributed by atoms with Gasteiger partial charge in [-0.15, -0.1) is 0 Å². The number of H-pyrrole nitrogens is 1. The van der Waals surface area contributed by atoms with Crippen molar-refractivity contribution < 1.29 is 23.1 Å². The van der Waals surface area contributed by atoms with Crippen LogP contribution in [0.1, 0.15) is 37.5 Å². The number of aromatic nitrogens is 2. The molecule has 1 saturated heterocycles. The Morgan fingerprint density at radius 2 is 1.84 bits per heavy atom. The number of hydrogen-bond acceptors (Lipinski definition) is 7. The van der Waals surface area contributed by atoms with Gasteiger partial charge in [0.15, 0.2) is 9.84 Å². The van der Waals surface area contributed by atoms with E-state index in [0.717, 1.165) is 29.0 Å². The van der Waals surface area contributed by atoms with Crippen LogP contribution in [0, 0.1) is 18.8 Å². The lowest BCUT2D eigenvalue weighted by molar-refractivity contribution is -0.128. The molecule has 0 spiro atoms. The van der Waals surface area contributed by atoms with Gasteiger partial charge in [-0.05, 0) is 31.9 Å². The van der Waals surface area contributed by atoms with Gasteiger partial charge in [0.2, 0.25) is 0 Å². The van der Waals surface area contributed by atoms with Gasteiger partial charge in [0.25, 0.3) is 5.56 Å². The van der Waals surface area contributed by atoms with Crippen LogP contribution in [0.3, 0.4) is 0 Å². The molecular weight excluding hydrogens is 436 g/mol. The van der Waals surface area contributed by atoms with Crippen LogP contribution in [-0.2, 0) is 19.4 Å². The van der Waals surface area contributed by atoms with Gasteiger partial charge in [-0.1, -0.05) is 24.1 Å². The number of nitrogens with one attached hydrogen (secondary N) is 1. The molecule has 1 aromatic heterocycles. The Balaban J connectivity index is 1.87. The first-order chi connectivity index (χ1) is 15.2. The van der Waals surface area contributed by atoms with E-state index in [9.17, 15) is 27.9 Å². The van der Waals surface area contributed by atoms with E-state index in [4.69, 9.17) is 4.74 Å². The second-order valence-electron chi connectivity index (χ2n) is 8.48. The van der Waals surface area contributed by atoms with E-state index in [-0.39, 0.29) is 10.7 Å². The fourth-order valence-electron chi connectivity index (χ4n) is 4.92. The summed E-state index contributed by atoms with van der Waals surface area (Å²) in [7, 11) is -4.03. The third-order valence-corrected chi connectivity index (χ3v) is 8.73. The molecule has 1 aliphatic heterocycles. The van der Waals surface area contributed by atoms with Crippen molar-refractivity contribution in [3.8, 4) is 0 Å². The number of benzene rings is 1. The maximum Gasteiger partial charge on any atom is 0.330 e. The van der Waals surface area contributed by atoms with E-state index in [1.807, 2.05) is 6.92 Å². The van der Waals surface area contributed by atoms with E-state index in [1.165, 1.54) is 18.3 Å². The topological polar surface area (TPSA) is 136 Å². The van der Waals surface area contributed by atoms with Crippen LogP contribution >= 0.6 is 0 Å². The molecule has 172 valence electrons. The van der Waals surface area contributed by atoms with Crippen LogP contribution in [0.15, 0.2) is 51.0 Å². The lowest BCUT2D eigenvalue weighted by Gasteiger charge is -2.33. The number of carbonyl (C=O) groups is 1. The third kappa shape index (κ3) is 3.98. The van der Waals surface area contributed by atoms with Crippen molar-refractivity contribution in [2.75, 3.05) is 6.61 Å². The van der Waals surface area contributed by atoms with Gasteiger partial charge < -0.3 is 9.84 Å². The van der Waals surface area contributed by atoms with Crippen molar-refractivity contribution in [1.29, 1.82) is 0 Å². The minimum Gasteiger partial charge on any atom is -0.394 e. The number of Topliss-reactive ketones (excluding diaryl/α,β-unsaturated/α-hetero) is 1. The quantitative estimate of drug-likeness (QED) is 0.675. The molecule has 2 aliphatic rings. The lowest BCUT2D eigenvalue weighted by Crippen LogP contribution is -2.44. The average molecular weight is 463 g/mol. The van der Waals surface area contributed by atoms with Gasteiger partial charge in [-0.2, -0.15) is 0 Å². The van der Waals surface area contributed by atoms with Crippen LogP contribution in [0.4, 0.5) is 0 Å². The van der Waals surface area contributed by atoms with Crippen LogP contribution in [0.25, 0.3) is 0 Å². The maximum atomic E-state index is 13.7. The highest BCUT2D eigenvalue weighted by Gasteiger charge is 2.56. The van der Waals surface area contributed by atoms with Gasteiger partial charge in [0.1, 0.15) is 23.4 Å². The van der Waals surface area contributed by atoms with Crippen molar-refractivity contribution >= 4 is 15.6 Å². The van der Waals surface area contributed by atoms with E-state index in [2.05, 4.69) is 4.98 Å². The fourth-order valence-corrected chi connectivity index (χ4v) is 7.04. The highest BCUT2D eigenvalue weighted by Crippen LogP contribution is 2.47. The molecule has 0 radical (unpaired) electrons. The third-order valence-electron chi connectivity index (χ3n) is 6.47. The highest BCUT2D eigenvalue weighted by molar-refractivity contribution is 7.92. The molecular formula is C22H26N2O7S. The number of carbonyl (C=O) groups excluding carboxylic acids is 1. The van der Waals surface area contributed by atoms with Crippen LogP contribution < -0.4 is 11.2 Å². The summed E-state index contributed by atoms with van der Waals surface area (Å²) in [5.41, 5.74) is -0.472. The summed E-state index contributed by atoms with van der Waals surface area (Å²) in [6.07, 6.45) is 1.27. The molecule has 0 unspecified atom stereocenters. The molecule has 5 atom stereocenters. The Labute approximate surface area is 185 Å². The second kappa shape index (κ2) is 8.76. The minimum atomic E-state index is -4.03. The Morgan fingerprint density at radius 1 is 1.12 bits per heavy atom. The smallest absolute Gasteiger partial charge is 0.330 e. The summed E-state index contributed by atoms with van der Waals surface area (Å²) >= 11 is 0. The number of aliphatic hydroxyl groups excluding tert-OH is 1. The number of ether oxygens (including phenoxy) is 1. The largest absolute Gasteiger partial charge is 0.394 e. The first-order valence-electron chi connectivity index (χ1n) is 10.6. The summed E-state index contributed by atoms with van der Waals surface area (Å²) < 4.78 is 34.5. The minimum absolute atomic E-state index is 0.0675. The number of hydrogen-bond donors (Lipinski definition) is 2. The standard InChI is InChI=1S/C22H26N2O7S/c1-13-6-8-14(9-7-13)32(29,30)20-17(12-25)31-21(24-11-10-18(27)23-22(24)28)19(20)15-4-2-3-5-16(15)26/h6-11,15,17,19-21,25H,2-5,12H2,1H3,(H,23,27,28)/t15-,17+,19+,20-,21+/m0/s1. The number of aryl methyl sites for hydroxylation is 1. The summed E-state index contributed by atoms with van der Waals surface area (Å²) in [6, 6.07) is 7.50. The number of sulfone groups is 1. The molecule has 2 aromatic rings. The molecule has 9 nitrogen and oxygen atoms in total. The fraction of sp³-hybridized carbons (Fsp3) is 0.500. The van der Waals surface area contributed by atoms with Crippen molar-refractivity contribution in [3.63, 3.8) is 0 Å². The summed E-state index contributed by atoms with van der Waals surface area (Å²) in [5.74, 6) is -1.61. The Morgan fingerprint density at radius 3 is 2.47 bits per heavy atom. The average Bonchev–Trinajstić information content (AvgIpc) is 3.14. The zero-order chi connectivity index (χ0) is 23.0. The van der Waals surface area contributed by atoms with Crippen molar-refractivity contribution in [3.05, 3.63) is 62.9 Å². The molecule has 2 N–H and O–H groups in total. The SMILES string of the molecule is Cc1ccc(S(=O)(=O)[C@@H]2[C@@H]([C@H]3CCCCC3=O)[C@H](n3ccc(=O)[nH]c3=O)O[C@@H]2CO)cc1. The summed E-state index contributed by atoms with van der Waals surface area (Å²) in [5, 5.41) is 8.80. The zero-order valence-electron chi connectivity index (χ0n) is 17.6. The van der Waals surface area contributed by atoms with Crippen LogP contribution in [0.5, 0.6) is 0 Å². The number of ketones is 1. The first-order valence-corrected chi connectivity index (χ1v) is 12.2. The second-order valence-corrected chi connectivity index (χ2v) is 10.6. The van der Waals surface area contributed by atoms with Gasteiger partial charge >= 0.3 is 5.69 Å². The number of rotatable bonds is 5. The first kappa shape index (κ1) is 22.6. The molecule has 1 aliphatic carbocycles. The molecule has 10 heteroatoms. The van der Waals surface area contributed by atoms with Crippen molar-refractivity contribution in [2.45, 2.75) is 55.1 Å². The predicted molar refractivity (Wildman–Crippen MR) is 115 cm³/mol. The van der Waals surface area contributed by atoms with Gasteiger partial charge in [-0.3, -0.25) is 19.1 Å². The zero-order valence-corrected chi connectivity index (χ0v) is 18.5. The van der Waals surface area contributed by atoms with E-state index < -0.39 is 57.1 Å². The normalized spacial score (nSPS) is 28.7.